The van der Waals surface area contributed by atoms with E-state index in [0.29, 0.717) is 0 Å². The number of piperidine rings is 1. The standard InChI is InChI=1S/C6H11N.ClH/c1-6-4-2-3-5-7-6;/h7H,1-5H2;1H. The molecule has 0 aromatic carbocycles. The quantitative estimate of drug-likeness (QED) is 0.531. The van der Waals surface area contributed by atoms with E-state index >= 15 is 0 Å². The van der Waals surface area contributed by atoms with Gasteiger partial charge in [-0.05, 0) is 19.3 Å². The lowest BCUT2D eigenvalue weighted by atomic mass is 10.1. The summed E-state index contributed by atoms with van der Waals surface area (Å²) in [5, 5.41) is 3.19. The van der Waals surface area contributed by atoms with Crippen LogP contribution < -0.4 is 5.32 Å². The molecule has 0 radical (unpaired) electrons. The molecule has 1 saturated heterocycles. The van der Waals surface area contributed by atoms with Gasteiger partial charge in [0, 0.05) is 12.2 Å². The van der Waals surface area contributed by atoms with Crippen molar-refractivity contribution in [2.24, 2.45) is 0 Å². The maximum absolute atomic E-state index is 3.80. The zero-order chi connectivity index (χ0) is 5.11. The van der Waals surface area contributed by atoms with Crippen LogP contribution in [0, 0.1) is 0 Å². The lowest BCUT2D eigenvalue weighted by molar-refractivity contribution is 0.590. The van der Waals surface area contributed by atoms with E-state index in [4.69, 9.17) is 0 Å². The van der Waals surface area contributed by atoms with Crippen LogP contribution in [0.5, 0.6) is 0 Å². The Kier molecular flexibility index (Phi) is 3.71. The Balaban J connectivity index is 0.000000490. The summed E-state index contributed by atoms with van der Waals surface area (Å²) in [5.74, 6) is 0. The Bertz CT molecular complexity index is 72.6. The van der Waals surface area contributed by atoms with E-state index < -0.39 is 0 Å². The largest absolute Gasteiger partial charge is 0.389 e. The molecule has 0 aromatic rings. The van der Waals surface area contributed by atoms with Gasteiger partial charge in [0.1, 0.15) is 0 Å². The molecular formula is C6H12ClN. The van der Waals surface area contributed by atoms with Gasteiger partial charge in [0.15, 0.2) is 0 Å². The third kappa shape index (κ3) is 2.22. The molecule has 1 fully saturated rings. The maximum Gasteiger partial charge on any atom is 0.0143 e. The number of rotatable bonds is 0. The highest BCUT2D eigenvalue weighted by molar-refractivity contribution is 5.85. The van der Waals surface area contributed by atoms with Crippen LogP contribution in [0.25, 0.3) is 0 Å². The Morgan fingerprint density at radius 1 is 1.38 bits per heavy atom. The molecule has 0 atom stereocenters. The Hall–Kier alpha value is -0.170. The summed E-state index contributed by atoms with van der Waals surface area (Å²) in [4.78, 5) is 0. The molecule has 2 heteroatoms. The number of allylic oxidation sites excluding steroid dienone is 1. The average molecular weight is 134 g/mol. The van der Waals surface area contributed by atoms with Crippen molar-refractivity contribution in [3.8, 4) is 0 Å². The first-order valence-electron chi connectivity index (χ1n) is 2.81. The fourth-order valence-electron chi connectivity index (χ4n) is 0.817. The third-order valence-electron chi connectivity index (χ3n) is 1.28. The molecule has 0 saturated carbocycles. The van der Waals surface area contributed by atoms with E-state index in [1.165, 1.54) is 25.0 Å². The molecule has 8 heavy (non-hydrogen) atoms. The predicted molar refractivity (Wildman–Crippen MR) is 38.2 cm³/mol. The lowest BCUT2D eigenvalue weighted by Gasteiger charge is -2.13. The number of hydrogen-bond donors (Lipinski definition) is 1. The van der Waals surface area contributed by atoms with Crippen molar-refractivity contribution < 1.29 is 0 Å². The molecule has 1 rings (SSSR count). The topological polar surface area (TPSA) is 12.0 Å². The number of hydrogen-bond acceptors (Lipinski definition) is 1. The van der Waals surface area contributed by atoms with Crippen molar-refractivity contribution in [2.45, 2.75) is 19.3 Å². The number of halogens is 1. The first-order valence-corrected chi connectivity index (χ1v) is 2.81. The summed E-state index contributed by atoms with van der Waals surface area (Å²) >= 11 is 0. The van der Waals surface area contributed by atoms with Crippen molar-refractivity contribution in [3.05, 3.63) is 12.3 Å². The Labute approximate surface area is 56.6 Å². The van der Waals surface area contributed by atoms with Crippen molar-refractivity contribution in [1.82, 2.24) is 5.32 Å². The van der Waals surface area contributed by atoms with Gasteiger partial charge in [0.05, 0.1) is 0 Å². The molecule has 48 valence electrons. The van der Waals surface area contributed by atoms with Crippen LogP contribution in [0.15, 0.2) is 12.3 Å². The van der Waals surface area contributed by atoms with E-state index in [9.17, 15) is 0 Å². The SMILES string of the molecule is C=C1CCCCN1.Cl. The van der Waals surface area contributed by atoms with E-state index in [1.807, 2.05) is 0 Å². The van der Waals surface area contributed by atoms with Gasteiger partial charge in [-0.25, -0.2) is 0 Å². The van der Waals surface area contributed by atoms with Crippen LogP contribution in [-0.4, -0.2) is 6.54 Å². The zero-order valence-electron chi connectivity index (χ0n) is 4.94. The molecule has 1 aliphatic rings. The normalized spacial score (nSPS) is 18.8. The zero-order valence-corrected chi connectivity index (χ0v) is 5.76. The Morgan fingerprint density at radius 3 is 2.38 bits per heavy atom. The fourth-order valence-corrected chi connectivity index (χ4v) is 0.817. The molecule has 1 nitrogen and oxygen atoms in total. The Morgan fingerprint density at radius 2 is 2.12 bits per heavy atom. The second kappa shape index (κ2) is 3.79. The molecule has 1 heterocycles. The van der Waals surface area contributed by atoms with Crippen LogP contribution in [0.2, 0.25) is 0 Å². The first kappa shape index (κ1) is 7.83. The van der Waals surface area contributed by atoms with Crippen molar-refractivity contribution in [2.75, 3.05) is 6.54 Å². The summed E-state index contributed by atoms with van der Waals surface area (Å²) in [6, 6.07) is 0. The van der Waals surface area contributed by atoms with Crippen LogP contribution in [0.4, 0.5) is 0 Å². The summed E-state index contributed by atoms with van der Waals surface area (Å²) < 4.78 is 0. The summed E-state index contributed by atoms with van der Waals surface area (Å²) in [7, 11) is 0. The van der Waals surface area contributed by atoms with Gasteiger partial charge < -0.3 is 5.32 Å². The molecule has 0 amide bonds. The minimum absolute atomic E-state index is 0. The molecule has 0 spiro atoms. The highest BCUT2D eigenvalue weighted by Gasteiger charge is 1.98. The van der Waals surface area contributed by atoms with Gasteiger partial charge in [-0.15, -0.1) is 12.4 Å². The molecule has 0 unspecified atom stereocenters. The second-order valence-corrected chi connectivity index (χ2v) is 1.99. The van der Waals surface area contributed by atoms with Crippen LogP contribution in [0.1, 0.15) is 19.3 Å². The fraction of sp³-hybridized carbons (Fsp3) is 0.667. The van der Waals surface area contributed by atoms with Crippen molar-refractivity contribution in [1.29, 1.82) is 0 Å². The molecule has 0 bridgehead atoms. The maximum atomic E-state index is 3.80. The first-order chi connectivity index (χ1) is 3.39. The summed E-state index contributed by atoms with van der Waals surface area (Å²) in [6.45, 7) is 4.94. The van der Waals surface area contributed by atoms with Gasteiger partial charge in [-0.1, -0.05) is 6.58 Å². The molecule has 1 aliphatic heterocycles. The van der Waals surface area contributed by atoms with Gasteiger partial charge in [0.25, 0.3) is 0 Å². The number of nitrogens with one attached hydrogen (secondary N) is 1. The highest BCUT2D eigenvalue weighted by Crippen LogP contribution is 2.06. The minimum Gasteiger partial charge on any atom is -0.389 e. The van der Waals surface area contributed by atoms with Crippen molar-refractivity contribution in [3.63, 3.8) is 0 Å². The van der Waals surface area contributed by atoms with Crippen LogP contribution in [-0.2, 0) is 0 Å². The molecular weight excluding hydrogens is 122 g/mol. The van der Waals surface area contributed by atoms with Crippen molar-refractivity contribution >= 4 is 12.4 Å². The van der Waals surface area contributed by atoms with Crippen LogP contribution >= 0.6 is 12.4 Å². The van der Waals surface area contributed by atoms with Gasteiger partial charge >= 0.3 is 0 Å². The van der Waals surface area contributed by atoms with E-state index in [1.54, 1.807) is 0 Å². The molecule has 0 aliphatic carbocycles. The minimum atomic E-state index is 0. The lowest BCUT2D eigenvalue weighted by Crippen LogP contribution is -2.18. The highest BCUT2D eigenvalue weighted by atomic mass is 35.5. The second-order valence-electron chi connectivity index (χ2n) is 1.99. The molecule has 1 N–H and O–H groups in total. The monoisotopic (exact) mass is 133 g/mol. The van der Waals surface area contributed by atoms with E-state index in [-0.39, 0.29) is 12.4 Å². The van der Waals surface area contributed by atoms with E-state index in [2.05, 4.69) is 11.9 Å². The average Bonchev–Trinajstić information content (AvgIpc) is 1.69. The van der Waals surface area contributed by atoms with E-state index in [0.717, 1.165) is 6.54 Å². The van der Waals surface area contributed by atoms with Gasteiger partial charge in [-0.3, -0.25) is 0 Å². The van der Waals surface area contributed by atoms with Crippen LogP contribution in [0.3, 0.4) is 0 Å². The van der Waals surface area contributed by atoms with Gasteiger partial charge in [0.2, 0.25) is 0 Å². The molecule has 0 aromatic heterocycles. The summed E-state index contributed by atoms with van der Waals surface area (Å²) in [5.41, 5.74) is 1.21. The predicted octanol–water partition coefficient (Wildman–Crippen LogP) is 1.70. The smallest absolute Gasteiger partial charge is 0.0143 e. The van der Waals surface area contributed by atoms with Gasteiger partial charge in [-0.2, -0.15) is 0 Å². The third-order valence-corrected chi connectivity index (χ3v) is 1.28. The summed E-state index contributed by atoms with van der Waals surface area (Å²) in [6.07, 6.45) is 3.82.